The Hall–Kier alpha value is -2.29. The third-order valence-corrected chi connectivity index (χ3v) is 6.92. The zero-order valence-electron chi connectivity index (χ0n) is 16.6. The molecule has 0 saturated carbocycles. The van der Waals surface area contributed by atoms with Crippen molar-refractivity contribution < 1.29 is 17.6 Å². The standard InChI is InChI=1S/C21H26FN3O3S/c1-16(2)17-3-7-19(8-4-17)23-21(26)15-24-11-13-25(14-12-24)29(27,28)20-9-5-18(22)6-10-20/h3-10,16H,11-15H2,1-2H3,(H,23,26). The van der Waals surface area contributed by atoms with Crippen LogP contribution in [0, 0.1) is 5.82 Å². The van der Waals surface area contributed by atoms with Gasteiger partial charge < -0.3 is 5.32 Å². The van der Waals surface area contributed by atoms with Crippen molar-refractivity contribution in [1.82, 2.24) is 9.21 Å². The molecular formula is C21H26FN3O3S. The van der Waals surface area contributed by atoms with Gasteiger partial charge in [-0.15, -0.1) is 0 Å². The Bertz CT molecular complexity index is 936. The molecule has 1 fully saturated rings. The highest BCUT2D eigenvalue weighted by Crippen LogP contribution is 2.19. The fourth-order valence-corrected chi connectivity index (χ4v) is 4.66. The van der Waals surface area contributed by atoms with Gasteiger partial charge in [0.1, 0.15) is 5.82 Å². The fourth-order valence-electron chi connectivity index (χ4n) is 3.24. The number of carbonyl (C=O) groups is 1. The Labute approximate surface area is 171 Å². The molecule has 0 unspecified atom stereocenters. The Morgan fingerprint density at radius 1 is 1.00 bits per heavy atom. The van der Waals surface area contributed by atoms with E-state index in [-0.39, 0.29) is 30.4 Å². The summed E-state index contributed by atoms with van der Waals surface area (Å²) in [5, 5.41) is 2.88. The van der Waals surface area contributed by atoms with E-state index in [0.29, 0.717) is 19.0 Å². The van der Waals surface area contributed by atoms with E-state index in [1.807, 2.05) is 29.2 Å². The van der Waals surface area contributed by atoms with Gasteiger partial charge in [0.05, 0.1) is 11.4 Å². The van der Waals surface area contributed by atoms with E-state index in [1.165, 1.54) is 22.0 Å². The summed E-state index contributed by atoms with van der Waals surface area (Å²) in [7, 11) is -3.65. The third kappa shape index (κ3) is 5.41. The number of rotatable bonds is 6. The molecule has 0 aromatic heterocycles. The maximum Gasteiger partial charge on any atom is 0.243 e. The molecule has 3 rings (SSSR count). The zero-order chi connectivity index (χ0) is 21.0. The largest absolute Gasteiger partial charge is 0.325 e. The van der Waals surface area contributed by atoms with Gasteiger partial charge in [0.15, 0.2) is 0 Å². The van der Waals surface area contributed by atoms with E-state index in [1.54, 1.807) is 0 Å². The number of hydrogen-bond donors (Lipinski definition) is 1. The molecule has 1 heterocycles. The second kappa shape index (κ2) is 9.02. The van der Waals surface area contributed by atoms with Crippen LogP contribution in [0.1, 0.15) is 25.3 Å². The lowest BCUT2D eigenvalue weighted by Gasteiger charge is -2.33. The molecule has 0 atom stereocenters. The first kappa shape index (κ1) is 21.4. The van der Waals surface area contributed by atoms with E-state index < -0.39 is 15.8 Å². The molecule has 1 amide bonds. The fraction of sp³-hybridized carbons (Fsp3) is 0.381. The summed E-state index contributed by atoms with van der Waals surface area (Å²) in [4.78, 5) is 14.3. The molecule has 2 aromatic rings. The number of amides is 1. The maximum absolute atomic E-state index is 13.0. The number of nitrogens with zero attached hydrogens (tertiary/aromatic N) is 2. The predicted molar refractivity (Wildman–Crippen MR) is 111 cm³/mol. The molecule has 156 valence electrons. The summed E-state index contributed by atoms with van der Waals surface area (Å²) in [6.45, 7) is 5.93. The van der Waals surface area contributed by atoms with Gasteiger partial charge in [-0.3, -0.25) is 9.69 Å². The maximum atomic E-state index is 13.0. The van der Waals surface area contributed by atoms with Crippen molar-refractivity contribution in [2.45, 2.75) is 24.7 Å². The van der Waals surface area contributed by atoms with Crippen LogP contribution in [0.3, 0.4) is 0 Å². The Kier molecular flexibility index (Phi) is 6.66. The molecule has 1 aliphatic rings. The molecule has 0 bridgehead atoms. The van der Waals surface area contributed by atoms with Crippen molar-refractivity contribution >= 4 is 21.6 Å². The molecule has 8 heteroatoms. The monoisotopic (exact) mass is 419 g/mol. The number of hydrogen-bond acceptors (Lipinski definition) is 4. The summed E-state index contributed by atoms with van der Waals surface area (Å²) in [6, 6.07) is 12.6. The molecule has 1 aliphatic heterocycles. The molecule has 1 N–H and O–H groups in total. The number of carbonyl (C=O) groups excluding carboxylic acids is 1. The van der Waals surface area contributed by atoms with E-state index >= 15 is 0 Å². The van der Waals surface area contributed by atoms with Gasteiger partial charge in [0.25, 0.3) is 0 Å². The highest BCUT2D eigenvalue weighted by atomic mass is 32.2. The Morgan fingerprint density at radius 3 is 2.14 bits per heavy atom. The van der Waals surface area contributed by atoms with Gasteiger partial charge >= 0.3 is 0 Å². The van der Waals surface area contributed by atoms with Gasteiger partial charge in [-0.1, -0.05) is 26.0 Å². The quantitative estimate of drug-likeness (QED) is 0.782. The first-order valence-electron chi connectivity index (χ1n) is 9.63. The van der Waals surface area contributed by atoms with Crippen LogP contribution in [0.15, 0.2) is 53.4 Å². The molecule has 0 radical (unpaired) electrons. The number of benzene rings is 2. The summed E-state index contributed by atoms with van der Waals surface area (Å²) in [6.07, 6.45) is 0. The van der Waals surface area contributed by atoms with Crippen molar-refractivity contribution in [3.63, 3.8) is 0 Å². The van der Waals surface area contributed by atoms with Crippen LogP contribution in [-0.2, 0) is 14.8 Å². The van der Waals surface area contributed by atoms with Crippen molar-refractivity contribution in [2.24, 2.45) is 0 Å². The molecule has 0 spiro atoms. The van der Waals surface area contributed by atoms with Crippen LogP contribution in [-0.4, -0.2) is 56.3 Å². The average molecular weight is 420 g/mol. The second-order valence-electron chi connectivity index (χ2n) is 7.46. The van der Waals surface area contributed by atoms with Gasteiger partial charge in [-0.2, -0.15) is 4.31 Å². The third-order valence-electron chi connectivity index (χ3n) is 5.01. The van der Waals surface area contributed by atoms with Gasteiger partial charge in [-0.05, 0) is 47.9 Å². The molecule has 2 aromatic carbocycles. The lowest BCUT2D eigenvalue weighted by molar-refractivity contribution is -0.117. The number of nitrogens with one attached hydrogen (secondary N) is 1. The molecule has 1 saturated heterocycles. The van der Waals surface area contributed by atoms with Gasteiger partial charge in [0, 0.05) is 31.9 Å². The van der Waals surface area contributed by atoms with Gasteiger partial charge in [-0.25, -0.2) is 12.8 Å². The highest BCUT2D eigenvalue weighted by molar-refractivity contribution is 7.89. The number of sulfonamides is 1. The van der Waals surface area contributed by atoms with Crippen LogP contribution in [0.25, 0.3) is 0 Å². The van der Waals surface area contributed by atoms with Crippen LogP contribution in [0.5, 0.6) is 0 Å². The lowest BCUT2D eigenvalue weighted by atomic mass is 10.0. The van der Waals surface area contributed by atoms with E-state index in [0.717, 1.165) is 17.8 Å². The summed E-state index contributed by atoms with van der Waals surface area (Å²) < 4.78 is 39.7. The SMILES string of the molecule is CC(C)c1ccc(NC(=O)CN2CCN(S(=O)(=O)c3ccc(F)cc3)CC2)cc1. The normalized spacial score (nSPS) is 16.1. The Balaban J connectivity index is 1.51. The number of anilines is 1. The number of halogens is 1. The lowest BCUT2D eigenvalue weighted by Crippen LogP contribution is -2.50. The minimum absolute atomic E-state index is 0.0786. The molecular weight excluding hydrogens is 393 g/mol. The second-order valence-corrected chi connectivity index (χ2v) is 9.40. The zero-order valence-corrected chi connectivity index (χ0v) is 17.5. The molecule has 6 nitrogen and oxygen atoms in total. The number of piperazine rings is 1. The summed E-state index contributed by atoms with van der Waals surface area (Å²) in [5.74, 6) is -0.169. The first-order chi connectivity index (χ1) is 13.8. The van der Waals surface area contributed by atoms with E-state index in [2.05, 4.69) is 19.2 Å². The molecule has 0 aliphatic carbocycles. The van der Waals surface area contributed by atoms with Crippen molar-refractivity contribution in [2.75, 3.05) is 38.0 Å². The smallest absolute Gasteiger partial charge is 0.243 e. The topological polar surface area (TPSA) is 69.7 Å². The van der Waals surface area contributed by atoms with Crippen LogP contribution in [0.4, 0.5) is 10.1 Å². The van der Waals surface area contributed by atoms with Crippen molar-refractivity contribution in [3.8, 4) is 0 Å². The average Bonchev–Trinajstić information content (AvgIpc) is 2.69. The van der Waals surface area contributed by atoms with Crippen LogP contribution in [0.2, 0.25) is 0 Å². The van der Waals surface area contributed by atoms with Crippen molar-refractivity contribution in [3.05, 3.63) is 59.9 Å². The van der Waals surface area contributed by atoms with E-state index in [4.69, 9.17) is 0 Å². The minimum Gasteiger partial charge on any atom is -0.325 e. The van der Waals surface area contributed by atoms with Crippen LogP contribution >= 0.6 is 0 Å². The summed E-state index contributed by atoms with van der Waals surface area (Å²) in [5.41, 5.74) is 1.96. The first-order valence-corrected chi connectivity index (χ1v) is 11.1. The van der Waals surface area contributed by atoms with Gasteiger partial charge in [0.2, 0.25) is 15.9 Å². The van der Waals surface area contributed by atoms with E-state index in [9.17, 15) is 17.6 Å². The Morgan fingerprint density at radius 2 is 1.59 bits per heavy atom. The predicted octanol–water partition coefficient (Wildman–Crippen LogP) is 2.89. The van der Waals surface area contributed by atoms with Crippen molar-refractivity contribution in [1.29, 1.82) is 0 Å². The summed E-state index contributed by atoms with van der Waals surface area (Å²) >= 11 is 0. The minimum atomic E-state index is -3.65. The van der Waals surface area contributed by atoms with Crippen LogP contribution < -0.4 is 5.32 Å². The molecule has 29 heavy (non-hydrogen) atoms. The highest BCUT2D eigenvalue weighted by Gasteiger charge is 2.29.